The molecule has 1 saturated heterocycles. The summed E-state index contributed by atoms with van der Waals surface area (Å²) in [6.45, 7) is 2.37. The molecule has 0 radical (unpaired) electrons. The van der Waals surface area contributed by atoms with Crippen LogP contribution in [0.25, 0.3) is 0 Å². The van der Waals surface area contributed by atoms with Crippen LogP contribution < -0.4 is 15.4 Å². The molecule has 3 N–H and O–H groups in total. The zero-order valence-electron chi connectivity index (χ0n) is 16.8. The van der Waals surface area contributed by atoms with Gasteiger partial charge in [-0.05, 0) is 18.9 Å². The number of nitrogens with one attached hydrogen (secondary N) is 3. The van der Waals surface area contributed by atoms with Gasteiger partial charge in [0.25, 0.3) is 0 Å². The molecule has 2 rings (SSSR count). The first-order chi connectivity index (χ1) is 13.7. The van der Waals surface area contributed by atoms with Crippen molar-refractivity contribution in [2.45, 2.75) is 32.1 Å². The van der Waals surface area contributed by atoms with Gasteiger partial charge in [0.05, 0.1) is 18.8 Å². The van der Waals surface area contributed by atoms with Crippen LogP contribution >= 0.6 is 24.0 Å². The molecule has 12 heteroatoms. The van der Waals surface area contributed by atoms with Crippen LogP contribution in [-0.4, -0.2) is 70.0 Å². The molecule has 7 nitrogen and oxygen atoms in total. The van der Waals surface area contributed by atoms with E-state index in [0.29, 0.717) is 25.5 Å². The van der Waals surface area contributed by atoms with Crippen LogP contribution in [0.4, 0.5) is 13.2 Å². The predicted molar refractivity (Wildman–Crippen MR) is 122 cm³/mol. The first-order valence-corrected chi connectivity index (χ1v) is 11.2. The topological polar surface area (TPSA) is 85.8 Å². The Morgan fingerprint density at radius 2 is 1.97 bits per heavy atom. The Morgan fingerprint density at radius 1 is 1.27 bits per heavy atom. The number of hydrogen-bond acceptors (Lipinski definition) is 4. The lowest BCUT2D eigenvalue weighted by Crippen LogP contribution is -2.45. The minimum Gasteiger partial charge on any atom is -0.357 e. The second-order valence-electron chi connectivity index (χ2n) is 6.87. The van der Waals surface area contributed by atoms with E-state index in [1.165, 1.54) is 4.90 Å². The molecule has 172 valence electrons. The van der Waals surface area contributed by atoms with Gasteiger partial charge in [0.1, 0.15) is 0 Å². The van der Waals surface area contributed by atoms with Crippen molar-refractivity contribution in [3.63, 3.8) is 0 Å². The van der Waals surface area contributed by atoms with Crippen molar-refractivity contribution < 1.29 is 21.6 Å². The van der Waals surface area contributed by atoms with Gasteiger partial charge in [-0.2, -0.15) is 13.2 Å². The Hall–Kier alpha value is -1.12. The summed E-state index contributed by atoms with van der Waals surface area (Å²) in [6.07, 6.45) is -3.65. The number of sulfonamides is 1. The third-order valence-electron chi connectivity index (χ3n) is 4.33. The maximum absolute atomic E-state index is 12.5. The molecule has 1 heterocycles. The van der Waals surface area contributed by atoms with E-state index in [2.05, 4.69) is 20.3 Å². The Balaban J connectivity index is 0.00000450. The lowest BCUT2D eigenvalue weighted by Gasteiger charge is -2.19. The summed E-state index contributed by atoms with van der Waals surface area (Å²) in [5.41, 5.74) is 0.860. The summed E-state index contributed by atoms with van der Waals surface area (Å²) in [5.74, 6) is 0.228. The fourth-order valence-corrected chi connectivity index (χ4v) is 3.86. The molecule has 0 amide bonds. The van der Waals surface area contributed by atoms with Crippen molar-refractivity contribution in [1.82, 2.24) is 20.3 Å². The van der Waals surface area contributed by atoms with E-state index >= 15 is 0 Å². The van der Waals surface area contributed by atoms with Crippen LogP contribution in [0.2, 0.25) is 0 Å². The highest BCUT2D eigenvalue weighted by atomic mass is 127. The molecule has 1 aliphatic heterocycles. The van der Waals surface area contributed by atoms with Crippen molar-refractivity contribution in [1.29, 1.82) is 0 Å². The van der Waals surface area contributed by atoms with E-state index in [-0.39, 0.29) is 55.4 Å². The minimum atomic E-state index is -4.21. The second kappa shape index (κ2) is 12.7. The van der Waals surface area contributed by atoms with Gasteiger partial charge < -0.3 is 10.6 Å². The van der Waals surface area contributed by atoms with E-state index in [4.69, 9.17) is 0 Å². The normalized spacial score (nSPS) is 18.1. The van der Waals surface area contributed by atoms with E-state index < -0.39 is 22.7 Å². The Bertz CT molecular complexity index is 763. The number of nitrogens with zero attached hydrogens (tertiary/aromatic N) is 2. The third kappa shape index (κ3) is 10.8. The van der Waals surface area contributed by atoms with E-state index in [9.17, 15) is 21.6 Å². The highest BCUT2D eigenvalue weighted by molar-refractivity contribution is 14.0. The smallest absolute Gasteiger partial charge is 0.357 e. The average molecular weight is 563 g/mol. The van der Waals surface area contributed by atoms with Gasteiger partial charge in [0.2, 0.25) is 10.0 Å². The second-order valence-corrected chi connectivity index (χ2v) is 8.79. The number of benzene rings is 1. The molecule has 1 aromatic carbocycles. The molecular formula is C18H29F3IN5O2S. The molecule has 1 aliphatic rings. The highest BCUT2D eigenvalue weighted by Gasteiger charge is 2.34. The molecule has 0 bridgehead atoms. The highest BCUT2D eigenvalue weighted by Crippen LogP contribution is 2.19. The zero-order valence-corrected chi connectivity index (χ0v) is 19.9. The van der Waals surface area contributed by atoms with Crippen molar-refractivity contribution in [2.75, 3.05) is 38.5 Å². The van der Waals surface area contributed by atoms with Gasteiger partial charge in [-0.15, -0.1) is 24.0 Å². The predicted octanol–water partition coefficient (Wildman–Crippen LogP) is 1.92. The Labute approximate surface area is 193 Å². The molecule has 0 aromatic heterocycles. The van der Waals surface area contributed by atoms with Crippen molar-refractivity contribution >= 4 is 40.0 Å². The average Bonchev–Trinajstić information content (AvgIpc) is 3.06. The van der Waals surface area contributed by atoms with Gasteiger partial charge in [0.15, 0.2) is 5.96 Å². The van der Waals surface area contributed by atoms with Crippen molar-refractivity contribution in [3.8, 4) is 0 Å². The number of hydrogen-bond donors (Lipinski definition) is 3. The van der Waals surface area contributed by atoms with Gasteiger partial charge >= 0.3 is 6.18 Å². The molecule has 0 spiro atoms. The maximum Gasteiger partial charge on any atom is 0.401 e. The zero-order chi connectivity index (χ0) is 21.3. The van der Waals surface area contributed by atoms with Crippen LogP contribution in [0.15, 0.2) is 35.3 Å². The summed E-state index contributed by atoms with van der Waals surface area (Å²) in [5, 5.41) is 6.09. The fraction of sp³-hybridized carbons (Fsp3) is 0.611. The maximum atomic E-state index is 12.5. The van der Waals surface area contributed by atoms with Crippen LogP contribution in [0.3, 0.4) is 0 Å². The lowest BCUT2D eigenvalue weighted by atomic mass is 10.2. The summed E-state index contributed by atoms with van der Waals surface area (Å²) < 4.78 is 64.3. The number of alkyl halides is 3. The van der Waals surface area contributed by atoms with E-state index in [1.54, 1.807) is 0 Å². The van der Waals surface area contributed by atoms with Crippen LogP contribution in [-0.2, 0) is 16.6 Å². The molecule has 1 aromatic rings. The summed E-state index contributed by atoms with van der Waals surface area (Å²) >= 11 is 0. The van der Waals surface area contributed by atoms with Gasteiger partial charge in [0, 0.05) is 32.2 Å². The monoisotopic (exact) mass is 563 g/mol. The van der Waals surface area contributed by atoms with Gasteiger partial charge in [-0.1, -0.05) is 30.3 Å². The van der Waals surface area contributed by atoms with Crippen molar-refractivity contribution in [3.05, 3.63) is 35.9 Å². The summed E-state index contributed by atoms with van der Waals surface area (Å²) in [6, 6.07) is 9.02. The number of rotatable bonds is 9. The number of halogens is 4. The van der Waals surface area contributed by atoms with E-state index in [0.717, 1.165) is 5.56 Å². The number of guanidine groups is 1. The third-order valence-corrected chi connectivity index (χ3v) is 5.63. The first-order valence-electron chi connectivity index (χ1n) is 9.52. The van der Waals surface area contributed by atoms with Crippen molar-refractivity contribution in [2.24, 2.45) is 4.99 Å². The molecule has 1 unspecified atom stereocenters. The molecular weight excluding hydrogens is 534 g/mol. The van der Waals surface area contributed by atoms with Gasteiger partial charge in [-0.3, -0.25) is 9.89 Å². The first kappa shape index (κ1) is 26.9. The molecule has 0 saturated carbocycles. The molecule has 1 fully saturated rings. The number of aliphatic imine (C=N–C) groups is 1. The van der Waals surface area contributed by atoms with Gasteiger partial charge in [-0.25, -0.2) is 13.1 Å². The van der Waals surface area contributed by atoms with Crippen LogP contribution in [0.1, 0.15) is 18.9 Å². The lowest BCUT2D eigenvalue weighted by molar-refractivity contribution is -0.143. The largest absolute Gasteiger partial charge is 0.401 e. The van der Waals surface area contributed by atoms with Crippen LogP contribution in [0, 0.1) is 0 Å². The Morgan fingerprint density at radius 3 is 2.60 bits per heavy atom. The molecule has 1 atom stereocenters. The SMILES string of the molecule is CCNC(=NCCS(=O)(=O)NCc1ccccc1)NC1CCN(CC(F)(F)F)C1.I. The summed E-state index contributed by atoms with van der Waals surface area (Å²) in [4.78, 5) is 5.60. The summed E-state index contributed by atoms with van der Waals surface area (Å²) in [7, 11) is -3.49. The van der Waals surface area contributed by atoms with Crippen LogP contribution in [0.5, 0.6) is 0 Å². The van der Waals surface area contributed by atoms with E-state index in [1.807, 2.05) is 37.3 Å². The standard InChI is InChI=1S/C18H28F3N5O2S.HI/c1-2-22-17(25-16-8-10-26(13-16)14-18(19,20)21)23-9-11-29(27,28)24-12-15-6-4-3-5-7-15;/h3-7,16,24H,2,8-14H2,1H3,(H2,22,23,25);1H. The molecule has 0 aliphatic carbocycles. The quantitative estimate of drug-likeness (QED) is 0.243. The molecule has 30 heavy (non-hydrogen) atoms. The Kier molecular flexibility index (Phi) is 11.4. The fourth-order valence-electron chi connectivity index (χ4n) is 3.00. The minimum absolute atomic E-state index is 0. The number of likely N-dealkylation sites (tertiary alicyclic amines) is 1.